The SMILES string of the molecule is CSc1ccc(CN(C)[C@H](C)C(=O)Nc2ccc(OC(F)F)cc2)cc1. The van der Waals surface area contributed by atoms with Crippen molar-refractivity contribution < 1.29 is 18.3 Å². The topological polar surface area (TPSA) is 41.6 Å². The van der Waals surface area contributed by atoms with Gasteiger partial charge in [0.1, 0.15) is 5.75 Å². The van der Waals surface area contributed by atoms with Crippen molar-refractivity contribution in [2.45, 2.75) is 31.0 Å². The fraction of sp³-hybridized carbons (Fsp3) is 0.316. The zero-order valence-corrected chi connectivity index (χ0v) is 15.7. The van der Waals surface area contributed by atoms with Crippen LogP contribution in [0.4, 0.5) is 14.5 Å². The number of halogens is 2. The molecule has 0 spiro atoms. The molecule has 0 bridgehead atoms. The normalized spacial score (nSPS) is 12.3. The average Bonchev–Trinajstić information content (AvgIpc) is 2.62. The van der Waals surface area contributed by atoms with E-state index >= 15 is 0 Å². The van der Waals surface area contributed by atoms with Crippen LogP contribution < -0.4 is 10.1 Å². The quantitative estimate of drug-likeness (QED) is 0.686. The molecule has 4 nitrogen and oxygen atoms in total. The van der Waals surface area contributed by atoms with Crippen LogP contribution in [0.2, 0.25) is 0 Å². The highest BCUT2D eigenvalue weighted by molar-refractivity contribution is 7.98. The third-order valence-corrected chi connectivity index (χ3v) is 4.72. The largest absolute Gasteiger partial charge is 0.435 e. The molecule has 0 aliphatic carbocycles. The van der Waals surface area contributed by atoms with Crippen molar-refractivity contribution in [3.63, 3.8) is 0 Å². The number of anilines is 1. The lowest BCUT2D eigenvalue weighted by Gasteiger charge is -2.24. The number of nitrogens with zero attached hydrogens (tertiary/aromatic N) is 1. The maximum absolute atomic E-state index is 12.4. The van der Waals surface area contributed by atoms with E-state index in [-0.39, 0.29) is 17.7 Å². The predicted octanol–water partition coefficient (Wildman–Crippen LogP) is 4.47. The summed E-state index contributed by atoms with van der Waals surface area (Å²) >= 11 is 1.68. The maximum atomic E-state index is 12.4. The van der Waals surface area contributed by atoms with E-state index in [2.05, 4.69) is 34.3 Å². The second-order valence-corrected chi connectivity index (χ2v) is 6.71. The van der Waals surface area contributed by atoms with Gasteiger partial charge in [0.15, 0.2) is 0 Å². The van der Waals surface area contributed by atoms with Crippen molar-refractivity contribution in [2.24, 2.45) is 0 Å². The first-order valence-corrected chi connectivity index (χ1v) is 9.30. The Morgan fingerprint density at radius 3 is 2.31 bits per heavy atom. The second kappa shape index (κ2) is 9.54. The first-order valence-electron chi connectivity index (χ1n) is 8.08. The Kier molecular flexibility index (Phi) is 7.41. The zero-order valence-electron chi connectivity index (χ0n) is 14.9. The molecule has 0 radical (unpaired) electrons. The lowest BCUT2D eigenvalue weighted by atomic mass is 10.2. The summed E-state index contributed by atoms with van der Waals surface area (Å²) in [5, 5.41) is 2.78. The van der Waals surface area contributed by atoms with E-state index in [1.54, 1.807) is 11.8 Å². The molecule has 1 atom stereocenters. The van der Waals surface area contributed by atoms with Gasteiger partial charge in [-0.2, -0.15) is 8.78 Å². The van der Waals surface area contributed by atoms with Crippen molar-refractivity contribution in [2.75, 3.05) is 18.6 Å². The molecule has 0 fully saturated rings. The monoisotopic (exact) mass is 380 g/mol. The van der Waals surface area contributed by atoms with Gasteiger partial charge in [-0.05, 0) is 62.2 Å². The smallest absolute Gasteiger partial charge is 0.387 e. The minimum atomic E-state index is -2.87. The number of hydrogen-bond acceptors (Lipinski definition) is 4. The molecular weight excluding hydrogens is 358 g/mol. The molecule has 0 aliphatic heterocycles. The van der Waals surface area contributed by atoms with Gasteiger partial charge in [-0.3, -0.25) is 9.69 Å². The highest BCUT2D eigenvalue weighted by Gasteiger charge is 2.18. The van der Waals surface area contributed by atoms with Crippen LogP contribution in [0.3, 0.4) is 0 Å². The average molecular weight is 380 g/mol. The number of amides is 1. The van der Waals surface area contributed by atoms with Gasteiger partial charge in [0, 0.05) is 17.1 Å². The molecule has 0 saturated heterocycles. The van der Waals surface area contributed by atoms with E-state index in [1.165, 1.54) is 29.2 Å². The molecule has 0 aliphatic rings. The number of alkyl halides is 2. The van der Waals surface area contributed by atoms with Crippen LogP contribution in [0.15, 0.2) is 53.4 Å². The van der Waals surface area contributed by atoms with Gasteiger partial charge in [-0.1, -0.05) is 12.1 Å². The van der Waals surface area contributed by atoms with Crippen LogP contribution in [0.1, 0.15) is 12.5 Å². The number of thioether (sulfide) groups is 1. The van der Waals surface area contributed by atoms with Crippen LogP contribution >= 0.6 is 11.8 Å². The first-order chi connectivity index (χ1) is 12.4. The molecule has 0 unspecified atom stereocenters. The van der Waals surface area contributed by atoms with Crippen molar-refractivity contribution in [1.82, 2.24) is 4.90 Å². The number of benzene rings is 2. The highest BCUT2D eigenvalue weighted by atomic mass is 32.2. The van der Waals surface area contributed by atoms with Crippen LogP contribution in [0, 0.1) is 0 Å². The van der Waals surface area contributed by atoms with E-state index in [1.807, 2.05) is 25.1 Å². The molecule has 2 rings (SSSR count). The highest BCUT2D eigenvalue weighted by Crippen LogP contribution is 2.19. The minimum absolute atomic E-state index is 0.0526. The van der Waals surface area contributed by atoms with E-state index in [4.69, 9.17) is 0 Å². The van der Waals surface area contributed by atoms with E-state index < -0.39 is 6.61 Å². The number of ether oxygens (including phenoxy) is 1. The molecule has 2 aromatic rings. The van der Waals surface area contributed by atoms with Crippen LogP contribution in [0.25, 0.3) is 0 Å². The van der Waals surface area contributed by atoms with Crippen LogP contribution in [0.5, 0.6) is 5.75 Å². The van der Waals surface area contributed by atoms with Gasteiger partial charge >= 0.3 is 6.61 Å². The first kappa shape index (κ1) is 20.2. The molecule has 2 aromatic carbocycles. The summed E-state index contributed by atoms with van der Waals surface area (Å²) in [6.07, 6.45) is 2.03. The summed E-state index contributed by atoms with van der Waals surface area (Å²) in [5.74, 6) is -0.118. The molecule has 7 heteroatoms. The van der Waals surface area contributed by atoms with Gasteiger partial charge in [0.2, 0.25) is 5.91 Å². The lowest BCUT2D eigenvalue weighted by molar-refractivity contribution is -0.120. The molecule has 0 saturated carbocycles. The Morgan fingerprint density at radius 2 is 1.77 bits per heavy atom. The minimum Gasteiger partial charge on any atom is -0.435 e. The maximum Gasteiger partial charge on any atom is 0.387 e. The Bertz CT molecular complexity index is 708. The third kappa shape index (κ3) is 6.00. The van der Waals surface area contributed by atoms with Gasteiger partial charge in [0.25, 0.3) is 0 Å². The fourth-order valence-electron chi connectivity index (χ4n) is 2.32. The van der Waals surface area contributed by atoms with Gasteiger partial charge in [-0.25, -0.2) is 0 Å². The summed E-state index contributed by atoms with van der Waals surface area (Å²) < 4.78 is 28.6. The number of hydrogen-bond donors (Lipinski definition) is 1. The Morgan fingerprint density at radius 1 is 1.15 bits per heavy atom. The summed E-state index contributed by atoms with van der Waals surface area (Å²) in [4.78, 5) is 15.5. The fourth-order valence-corrected chi connectivity index (χ4v) is 2.73. The van der Waals surface area contributed by atoms with E-state index in [0.717, 1.165) is 5.56 Å². The Hall–Kier alpha value is -2.12. The number of carbonyl (C=O) groups excluding carboxylic acids is 1. The van der Waals surface area contributed by atoms with Crippen LogP contribution in [-0.4, -0.2) is 36.8 Å². The second-order valence-electron chi connectivity index (χ2n) is 5.83. The van der Waals surface area contributed by atoms with Crippen molar-refractivity contribution in [3.05, 3.63) is 54.1 Å². The van der Waals surface area contributed by atoms with Gasteiger partial charge < -0.3 is 10.1 Å². The van der Waals surface area contributed by atoms with E-state index in [9.17, 15) is 13.6 Å². The third-order valence-electron chi connectivity index (χ3n) is 3.98. The molecule has 26 heavy (non-hydrogen) atoms. The molecule has 0 aromatic heterocycles. The van der Waals surface area contributed by atoms with Crippen LogP contribution in [-0.2, 0) is 11.3 Å². The molecule has 1 amide bonds. The van der Waals surface area contributed by atoms with Crippen molar-refractivity contribution in [3.8, 4) is 5.75 Å². The zero-order chi connectivity index (χ0) is 19.1. The molecule has 1 N–H and O–H groups in total. The van der Waals surface area contributed by atoms with Gasteiger partial charge in [0.05, 0.1) is 6.04 Å². The molecule has 140 valence electrons. The van der Waals surface area contributed by atoms with Crippen molar-refractivity contribution >= 4 is 23.4 Å². The summed E-state index contributed by atoms with van der Waals surface area (Å²) in [5.41, 5.74) is 1.65. The Balaban J connectivity index is 1.90. The summed E-state index contributed by atoms with van der Waals surface area (Å²) in [7, 11) is 1.88. The number of rotatable bonds is 8. The van der Waals surface area contributed by atoms with Crippen molar-refractivity contribution in [1.29, 1.82) is 0 Å². The van der Waals surface area contributed by atoms with Gasteiger partial charge in [-0.15, -0.1) is 11.8 Å². The summed E-state index contributed by atoms with van der Waals surface area (Å²) in [6, 6.07) is 13.7. The molecule has 0 heterocycles. The predicted molar refractivity (Wildman–Crippen MR) is 101 cm³/mol. The molecular formula is C19H22F2N2O2S. The number of likely N-dealkylation sites (N-methyl/N-ethyl adjacent to an activating group) is 1. The van der Waals surface area contributed by atoms with E-state index in [0.29, 0.717) is 12.2 Å². The number of carbonyl (C=O) groups is 1. The summed E-state index contributed by atoms with van der Waals surface area (Å²) in [6.45, 7) is -0.404. The lowest BCUT2D eigenvalue weighted by Crippen LogP contribution is -2.39. The number of nitrogens with one attached hydrogen (secondary N) is 1. The standard InChI is InChI=1S/C19H22F2N2O2S/c1-13(23(2)12-14-4-10-17(26-3)11-5-14)18(24)22-15-6-8-16(9-7-15)25-19(20)21/h4-11,13,19H,12H2,1-3H3,(H,22,24)/t13-/m1/s1. The Labute approximate surface area is 156 Å².